The summed E-state index contributed by atoms with van der Waals surface area (Å²) in [6.45, 7) is 0. The van der Waals surface area contributed by atoms with Crippen LogP contribution in [0, 0.1) is 15.9 Å². The second-order valence-electron chi connectivity index (χ2n) is 5.09. The molecule has 0 atom stereocenters. The Kier molecular flexibility index (Phi) is 3.99. The number of nitro groups is 1. The first-order valence-electron chi connectivity index (χ1n) is 6.47. The molecule has 1 fully saturated rings. The van der Waals surface area contributed by atoms with Crippen molar-refractivity contribution in [3.8, 4) is 0 Å². The fourth-order valence-electron chi connectivity index (χ4n) is 2.42. The zero-order valence-corrected chi connectivity index (χ0v) is 10.9. The Morgan fingerprint density at radius 2 is 2.00 bits per heavy atom. The molecule has 1 amide bonds. The molecule has 6 nitrogen and oxygen atoms in total. The van der Waals surface area contributed by atoms with Crippen LogP contribution >= 0.6 is 0 Å². The van der Waals surface area contributed by atoms with Gasteiger partial charge in [-0.3, -0.25) is 14.9 Å². The van der Waals surface area contributed by atoms with Crippen molar-refractivity contribution in [1.29, 1.82) is 0 Å². The van der Waals surface area contributed by atoms with Crippen molar-refractivity contribution in [2.24, 2.45) is 5.73 Å². The number of carbonyl (C=O) groups excluding carboxylic acids is 1. The summed E-state index contributed by atoms with van der Waals surface area (Å²) >= 11 is 0. The van der Waals surface area contributed by atoms with Gasteiger partial charge in [0.1, 0.15) is 11.5 Å². The molecule has 108 valence electrons. The van der Waals surface area contributed by atoms with Gasteiger partial charge in [-0.05, 0) is 25.0 Å². The number of anilines is 1. The van der Waals surface area contributed by atoms with Crippen LogP contribution in [-0.4, -0.2) is 16.4 Å². The van der Waals surface area contributed by atoms with E-state index < -0.39 is 27.9 Å². The smallest absolute Gasteiger partial charge is 0.295 e. The molecule has 0 unspecified atom stereocenters. The predicted molar refractivity (Wildman–Crippen MR) is 71.7 cm³/mol. The molecule has 1 aromatic rings. The van der Waals surface area contributed by atoms with Crippen LogP contribution in [0.15, 0.2) is 18.2 Å². The molecule has 7 heteroatoms. The molecule has 0 aliphatic heterocycles. The largest absolute Gasteiger partial charge is 0.319 e. The van der Waals surface area contributed by atoms with Crippen molar-refractivity contribution >= 4 is 17.3 Å². The molecule has 1 saturated carbocycles. The lowest BCUT2D eigenvalue weighted by atomic mass is 9.82. The van der Waals surface area contributed by atoms with Crippen molar-refractivity contribution in [1.82, 2.24) is 0 Å². The lowest BCUT2D eigenvalue weighted by Gasteiger charge is -2.31. The standard InChI is InChI=1S/C13H16FN3O3/c14-9-4-5-10(11(8-9)17(19)20)16-12(18)13(15)6-2-1-3-7-13/h4-5,8H,1-3,6-7,15H2,(H,16,18). The first-order valence-corrected chi connectivity index (χ1v) is 6.47. The first kappa shape index (κ1) is 14.4. The number of amides is 1. The van der Waals surface area contributed by atoms with Crippen LogP contribution in [0.4, 0.5) is 15.8 Å². The average Bonchev–Trinajstić information content (AvgIpc) is 2.41. The Labute approximate surface area is 115 Å². The lowest BCUT2D eigenvalue weighted by molar-refractivity contribution is -0.384. The van der Waals surface area contributed by atoms with E-state index in [4.69, 9.17) is 5.73 Å². The van der Waals surface area contributed by atoms with Crippen LogP contribution in [0.3, 0.4) is 0 Å². The van der Waals surface area contributed by atoms with Gasteiger partial charge < -0.3 is 11.1 Å². The third kappa shape index (κ3) is 2.93. The van der Waals surface area contributed by atoms with Gasteiger partial charge in [0.25, 0.3) is 5.69 Å². The molecular formula is C13H16FN3O3. The van der Waals surface area contributed by atoms with E-state index in [0.717, 1.165) is 31.4 Å². The summed E-state index contributed by atoms with van der Waals surface area (Å²) in [6, 6.07) is 3.02. The Morgan fingerprint density at radius 1 is 1.35 bits per heavy atom. The normalized spacial score (nSPS) is 17.5. The Morgan fingerprint density at radius 3 is 2.60 bits per heavy atom. The van der Waals surface area contributed by atoms with E-state index in [0.29, 0.717) is 12.8 Å². The molecule has 0 saturated heterocycles. The van der Waals surface area contributed by atoms with E-state index in [9.17, 15) is 19.3 Å². The molecule has 0 bridgehead atoms. The second-order valence-corrected chi connectivity index (χ2v) is 5.09. The van der Waals surface area contributed by atoms with E-state index >= 15 is 0 Å². The summed E-state index contributed by atoms with van der Waals surface area (Å²) in [5, 5.41) is 13.3. The summed E-state index contributed by atoms with van der Waals surface area (Å²) in [7, 11) is 0. The number of nitrogens with zero attached hydrogens (tertiary/aromatic N) is 1. The highest BCUT2D eigenvalue weighted by atomic mass is 19.1. The number of nitrogens with two attached hydrogens (primary N) is 1. The molecule has 1 aliphatic rings. The molecular weight excluding hydrogens is 265 g/mol. The number of halogens is 1. The zero-order chi connectivity index (χ0) is 14.8. The van der Waals surface area contributed by atoms with Crippen LogP contribution in [-0.2, 0) is 4.79 Å². The van der Waals surface area contributed by atoms with Gasteiger partial charge >= 0.3 is 0 Å². The summed E-state index contributed by atoms with van der Waals surface area (Å²) in [5.41, 5.74) is 4.55. The van der Waals surface area contributed by atoms with Gasteiger partial charge in [0.15, 0.2) is 0 Å². The third-order valence-electron chi connectivity index (χ3n) is 3.60. The second kappa shape index (κ2) is 5.54. The van der Waals surface area contributed by atoms with Crippen LogP contribution in [0.1, 0.15) is 32.1 Å². The minimum atomic E-state index is -0.999. The minimum absolute atomic E-state index is 0.0307. The molecule has 0 spiro atoms. The molecule has 3 N–H and O–H groups in total. The Balaban J connectivity index is 2.21. The van der Waals surface area contributed by atoms with Crippen LogP contribution in [0.2, 0.25) is 0 Å². The first-order chi connectivity index (χ1) is 9.42. The van der Waals surface area contributed by atoms with Crippen LogP contribution in [0.5, 0.6) is 0 Å². The maximum Gasteiger partial charge on any atom is 0.295 e. The van der Waals surface area contributed by atoms with Gasteiger partial charge in [-0.25, -0.2) is 4.39 Å². The van der Waals surface area contributed by atoms with E-state index in [1.165, 1.54) is 6.07 Å². The predicted octanol–water partition coefficient (Wildman–Crippen LogP) is 2.33. The minimum Gasteiger partial charge on any atom is -0.319 e. The van der Waals surface area contributed by atoms with E-state index in [2.05, 4.69) is 5.32 Å². The highest BCUT2D eigenvalue weighted by molar-refractivity contribution is 5.99. The van der Waals surface area contributed by atoms with Crippen molar-refractivity contribution < 1.29 is 14.1 Å². The van der Waals surface area contributed by atoms with Crippen molar-refractivity contribution in [2.75, 3.05) is 5.32 Å². The third-order valence-corrected chi connectivity index (χ3v) is 3.60. The molecule has 1 aromatic carbocycles. The molecule has 0 heterocycles. The zero-order valence-electron chi connectivity index (χ0n) is 10.9. The van der Waals surface area contributed by atoms with Crippen LogP contribution in [0.25, 0.3) is 0 Å². The van der Waals surface area contributed by atoms with Gasteiger partial charge in [0, 0.05) is 0 Å². The summed E-state index contributed by atoms with van der Waals surface area (Å²) in [5.74, 6) is -1.18. The quantitative estimate of drug-likeness (QED) is 0.656. The summed E-state index contributed by atoms with van der Waals surface area (Å²) in [6.07, 6.45) is 3.84. The summed E-state index contributed by atoms with van der Waals surface area (Å²) < 4.78 is 13.0. The van der Waals surface area contributed by atoms with E-state index in [1.54, 1.807) is 0 Å². The number of benzene rings is 1. The van der Waals surface area contributed by atoms with Crippen molar-refractivity contribution in [3.05, 3.63) is 34.1 Å². The maximum atomic E-state index is 13.0. The number of nitrogens with one attached hydrogen (secondary N) is 1. The Hall–Kier alpha value is -2.02. The Bertz CT molecular complexity index is 542. The van der Waals surface area contributed by atoms with Gasteiger partial charge in [-0.15, -0.1) is 0 Å². The topological polar surface area (TPSA) is 98.3 Å². The SMILES string of the molecule is NC1(C(=O)Nc2ccc(F)cc2[N+](=O)[O-])CCCCC1. The highest BCUT2D eigenvalue weighted by Gasteiger charge is 2.36. The molecule has 1 aliphatic carbocycles. The molecule has 0 radical (unpaired) electrons. The highest BCUT2D eigenvalue weighted by Crippen LogP contribution is 2.30. The van der Waals surface area contributed by atoms with Gasteiger partial charge in [-0.1, -0.05) is 19.3 Å². The fourth-order valence-corrected chi connectivity index (χ4v) is 2.42. The van der Waals surface area contributed by atoms with Crippen molar-refractivity contribution in [2.45, 2.75) is 37.6 Å². The van der Waals surface area contributed by atoms with Crippen LogP contribution < -0.4 is 11.1 Å². The maximum absolute atomic E-state index is 13.0. The number of hydrogen-bond acceptors (Lipinski definition) is 4. The van der Waals surface area contributed by atoms with Crippen molar-refractivity contribution in [3.63, 3.8) is 0 Å². The molecule has 0 aromatic heterocycles. The average molecular weight is 281 g/mol. The molecule has 2 rings (SSSR count). The number of carbonyl (C=O) groups is 1. The fraction of sp³-hybridized carbons (Fsp3) is 0.462. The van der Waals surface area contributed by atoms with E-state index in [1.807, 2.05) is 0 Å². The van der Waals surface area contributed by atoms with Gasteiger partial charge in [0.2, 0.25) is 5.91 Å². The summed E-state index contributed by atoms with van der Waals surface area (Å²) in [4.78, 5) is 22.3. The van der Waals surface area contributed by atoms with E-state index in [-0.39, 0.29) is 5.69 Å². The number of rotatable bonds is 3. The lowest BCUT2D eigenvalue weighted by Crippen LogP contribution is -2.52. The number of hydrogen-bond donors (Lipinski definition) is 2. The number of nitro benzene ring substituents is 1. The van der Waals surface area contributed by atoms with Gasteiger partial charge in [0.05, 0.1) is 16.5 Å². The van der Waals surface area contributed by atoms with Gasteiger partial charge in [-0.2, -0.15) is 0 Å². The molecule has 20 heavy (non-hydrogen) atoms. The monoisotopic (exact) mass is 281 g/mol.